The molecule has 0 N–H and O–H groups in total. The Balaban J connectivity index is 2.68. The van der Waals surface area contributed by atoms with Gasteiger partial charge in [0.2, 0.25) is 0 Å². The Bertz CT molecular complexity index is 38.7. The predicted molar refractivity (Wildman–Crippen MR) is 31.1 cm³/mol. The van der Waals surface area contributed by atoms with Crippen molar-refractivity contribution in [3.63, 3.8) is 0 Å². The maximum atomic E-state index is 4.61. The van der Waals surface area contributed by atoms with Gasteiger partial charge in [-0.2, -0.15) is 0 Å². The molecular weight excluding hydrogens is 160 g/mol. The highest BCUT2D eigenvalue weighted by atomic mass is 79.9. The van der Waals surface area contributed by atoms with Crippen LogP contribution in [0.15, 0.2) is 0 Å². The Morgan fingerprint density at radius 3 is 2.43 bits per heavy atom. The van der Waals surface area contributed by atoms with Crippen LogP contribution in [0.4, 0.5) is 0 Å². The Morgan fingerprint density at radius 2 is 2.29 bits per heavy atom. The van der Waals surface area contributed by atoms with Gasteiger partial charge >= 0.3 is 0 Å². The van der Waals surface area contributed by atoms with E-state index in [-0.39, 0.29) is 5.01 Å². The molecule has 0 saturated carbocycles. The quantitative estimate of drug-likeness (QED) is 0.363. The van der Waals surface area contributed by atoms with Crippen LogP contribution in [0.3, 0.4) is 0 Å². The van der Waals surface area contributed by atoms with E-state index in [4.69, 9.17) is 0 Å². The fourth-order valence-corrected chi connectivity index (χ4v) is 0.270. The summed E-state index contributed by atoms with van der Waals surface area (Å²) in [6.45, 7) is 4.31. The second-order valence-corrected chi connectivity index (χ2v) is 2.34. The van der Waals surface area contributed by atoms with Crippen molar-refractivity contribution in [3.8, 4) is 0 Å². The lowest BCUT2D eigenvalue weighted by atomic mass is 10.9. The number of rotatable bonds is 3. The van der Waals surface area contributed by atoms with Crippen molar-refractivity contribution in [2.45, 2.75) is 18.9 Å². The summed E-state index contributed by atoms with van der Waals surface area (Å²) in [7, 11) is 0. The van der Waals surface area contributed by atoms with E-state index in [0.29, 0.717) is 6.61 Å². The molecule has 0 aromatic carbocycles. The topological polar surface area (TPSA) is 18.5 Å². The minimum absolute atomic E-state index is 0.00699. The normalized spacial score (nSPS) is 14.1. The van der Waals surface area contributed by atoms with Crippen molar-refractivity contribution in [2.24, 2.45) is 0 Å². The van der Waals surface area contributed by atoms with Gasteiger partial charge in [0.1, 0.15) is 5.01 Å². The first-order valence-corrected chi connectivity index (χ1v) is 3.11. The van der Waals surface area contributed by atoms with Crippen molar-refractivity contribution in [1.29, 1.82) is 0 Å². The third-order valence-corrected chi connectivity index (χ3v) is 0.471. The molecule has 0 aromatic heterocycles. The van der Waals surface area contributed by atoms with Crippen molar-refractivity contribution in [1.82, 2.24) is 0 Å². The highest BCUT2D eigenvalue weighted by Gasteiger charge is 1.90. The molecule has 0 bridgehead atoms. The first kappa shape index (κ1) is 7.40. The van der Waals surface area contributed by atoms with Crippen LogP contribution in [0.1, 0.15) is 13.8 Å². The summed E-state index contributed by atoms with van der Waals surface area (Å²) in [5, 5.41) is -0.00699. The van der Waals surface area contributed by atoms with Gasteiger partial charge in [0, 0.05) is 0 Å². The first-order chi connectivity index (χ1) is 3.27. The molecule has 0 aliphatic carbocycles. The lowest BCUT2D eigenvalue weighted by molar-refractivity contribution is -0.295. The molecular formula is C4H9BrO2. The largest absolute Gasteiger partial charge is 0.236 e. The third-order valence-electron chi connectivity index (χ3n) is 0.318. The Morgan fingerprint density at radius 1 is 1.71 bits per heavy atom. The Labute approximate surface area is 51.9 Å². The van der Waals surface area contributed by atoms with Crippen molar-refractivity contribution < 1.29 is 9.78 Å². The van der Waals surface area contributed by atoms with Gasteiger partial charge in [0.05, 0.1) is 6.61 Å². The second kappa shape index (κ2) is 4.56. The standard InChI is InChI=1S/C4H9BrO2/c1-3-6-7-4(2)5/h4H,3H2,1-2H3. The second-order valence-electron chi connectivity index (χ2n) is 1.05. The Kier molecular flexibility index (Phi) is 4.82. The van der Waals surface area contributed by atoms with E-state index in [9.17, 15) is 0 Å². The molecule has 0 rings (SSSR count). The fourth-order valence-electron chi connectivity index (χ4n) is 0.162. The summed E-state index contributed by atoms with van der Waals surface area (Å²) in [6.07, 6.45) is 0. The molecule has 7 heavy (non-hydrogen) atoms. The molecule has 44 valence electrons. The summed E-state index contributed by atoms with van der Waals surface area (Å²) >= 11 is 3.13. The summed E-state index contributed by atoms with van der Waals surface area (Å²) in [5.74, 6) is 0. The number of halogens is 1. The van der Waals surface area contributed by atoms with Crippen molar-refractivity contribution in [3.05, 3.63) is 0 Å². The van der Waals surface area contributed by atoms with Crippen molar-refractivity contribution in [2.75, 3.05) is 6.61 Å². The molecule has 0 aliphatic rings. The summed E-state index contributed by atoms with van der Waals surface area (Å²) in [4.78, 5) is 9.16. The molecule has 0 heterocycles. The fraction of sp³-hybridized carbons (Fsp3) is 1.00. The molecule has 0 radical (unpaired) electrons. The molecule has 1 unspecified atom stereocenters. The van der Waals surface area contributed by atoms with Gasteiger partial charge < -0.3 is 0 Å². The third kappa shape index (κ3) is 6.40. The molecule has 3 heteroatoms. The van der Waals surface area contributed by atoms with E-state index in [1.165, 1.54) is 0 Å². The highest BCUT2D eigenvalue weighted by Crippen LogP contribution is 1.98. The van der Waals surface area contributed by atoms with Crippen LogP contribution in [0.25, 0.3) is 0 Å². The van der Waals surface area contributed by atoms with Crippen LogP contribution < -0.4 is 0 Å². The molecule has 0 aromatic rings. The maximum absolute atomic E-state index is 4.61. The summed E-state index contributed by atoms with van der Waals surface area (Å²) in [5.41, 5.74) is 0. The molecule has 1 atom stereocenters. The summed E-state index contributed by atoms with van der Waals surface area (Å²) in [6, 6.07) is 0. The summed E-state index contributed by atoms with van der Waals surface area (Å²) < 4.78 is 0. The SMILES string of the molecule is CCOOC(C)Br. The number of hydrogen-bond donors (Lipinski definition) is 0. The van der Waals surface area contributed by atoms with E-state index in [1.54, 1.807) is 0 Å². The lowest BCUT2D eigenvalue weighted by Gasteiger charge is -2.00. The van der Waals surface area contributed by atoms with Gasteiger partial charge in [-0.05, 0) is 13.8 Å². The van der Waals surface area contributed by atoms with E-state index in [1.807, 2.05) is 13.8 Å². The smallest absolute Gasteiger partial charge is 0.145 e. The lowest BCUT2D eigenvalue weighted by Crippen LogP contribution is -1.98. The minimum atomic E-state index is -0.00699. The molecule has 0 spiro atoms. The molecule has 0 fully saturated rings. The number of hydrogen-bond acceptors (Lipinski definition) is 2. The monoisotopic (exact) mass is 168 g/mol. The van der Waals surface area contributed by atoms with E-state index >= 15 is 0 Å². The van der Waals surface area contributed by atoms with Gasteiger partial charge in [-0.25, -0.2) is 9.78 Å². The van der Waals surface area contributed by atoms with E-state index in [0.717, 1.165) is 0 Å². The van der Waals surface area contributed by atoms with Gasteiger partial charge in [-0.3, -0.25) is 0 Å². The molecule has 0 aliphatic heterocycles. The molecule has 2 nitrogen and oxygen atoms in total. The molecule has 0 amide bonds. The number of alkyl halides is 1. The van der Waals surface area contributed by atoms with Crippen LogP contribution in [0.5, 0.6) is 0 Å². The van der Waals surface area contributed by atoms with Crippen LogP contribution in [-0.2, 0) is 9.78 Å². The molecule has 0 saturated heterocycles. The van der Waals surface area contributed by atoms with E-state index in [2.05, 4.69) is 25.7 Å². The van der Waals surface area contributed by atoms with Gasteiger partial charge in [-0.1, -0.05) is 15.9 Å². The zero-order valence-electron chi connectivity index (χ0n) is 4.48. The van der Waals surface area contributed by atoms with Crippen LogP contribution >= 0.6 is 15.9 Å². The average molecular weight is 169 g/mol. The van der Waals surface area contributed by atoms with Crippen LogP contribution in [0, 0.1) is 0 Å². The van der Waals surface area contributed by atoms with Gasteiger partial charge in [-0.15, -0.1) is 0 Å². The highest BCUT2D eigenvalue weighted by molar-refractivity contribution is 9.09. The van der Waals surface area contributed by atoms with Gasteiger partial charge in [0.25, 0.3) is 0 Å². The predicted octanol–water partition coefficient (Wildman–Crippen LogP) is 1.70. The zero-order valence-corrected chi connectivity index (χ0v) is 6.06. The van der Waals surface area contributed by atoms with Gasteiger partial charge in [0.15, 0.2) is 0 Å². The van der Waals surface area contributed by atoms with Crippen LogP contribution in [0.2, 0.25) is 0 Å². The maximum Gasteiger partial charge on any atom is 0.145 e. The Hall–Kier alpha value is 0.400. The zero-order chi connectivity index (χ0) is 5.70. The minimum Gasteiger partial charge on any atom is -0.236 e. The van der Waals surface area contributed by atoms with Crippen LogP contribution in [-0.4, -0.2) is 11.6 Å². The first-order valence-electron chi connectivity index (χ1n) is 2.19. The van der Waals surface area contributed by atoms with Crippen molar-refractivity contribution >= 4 is 15.9 Å². The van der Waals surface area contributed by atoms with E-state index < -0.39 is 0 Å². The average Bonchev–Trinajstić information content (AvgIpc) is 1.61.